The molecule has 3 fully saturated rings. The Labute approximate surface area is 306 Å². The summed E-state index contributed by atoms with van der Waals surface area (Å²) in [6.07, 6.45) is 3.06. The number of hydrogen-bond acceptors (Lipinski definition) is 11. The molecule has 0 bridgehead atoms. The van der Waals surface area contributed by atoms with E-state index in [1.807, 2.05) is 0 Å². The number of imidazole rings is 1. The molecule has 0 radical (unpaired) electrons. The number of nitriles is 1. The van der Waals surface area contributed by atoms with Crippen molar-refractivity contribution in [2.45, 2.75) is 95.2 Å². The molecule has 3 aliphatic rings. The second-order valence-corrected chi connectivity index (χ2v) is 19.2. The Bertz CT molecular complexity index is 1840. The van der Waals surface area contributed by atoms with Gasteiger partial charge in [-0.2, -0.15) is 15.2 Å². The van der Waals surface area contributed by atoms with Crippen molar-refractivity contribution >= 4 is 50.0 Å². The van der Waals surface area contributed by atoms with E-state index >= 15 is 0 Å². The molecular weight excluding hydrogens is 698 g/mol. The van der Waals surface area contributed by atoms with Gasteiger partial charge >= 0.3 is 0 Å². The summed E-state index contributed by atoms with van der Waals surface area (Å²) in [5.74, 6) is 0.00995. The maximum Gasteiger partial charge on any atom is 0.259 e. The Hall–Kier alpha value is -3.80. The molecule has 5 heterocycles. The quantitative estimate of drug-likeness (QED) is 0.104. The number of benzene rings is 2. The van der Waals surface area contributed by atoms with E-state index in [2.05, 4.69) is 105 Å². The van der Waals surface area contributed by atoms with Gasteiger partial charge in [0.15, 0.2) is 17.4 Å². The first kappa shape index (κ1) is 36.6. The van der Waals surface area contributed by atoms with E-state index in [0.29, 0.717) is 17.6 Å². The summed E-state index contributed by atoms with van der Waals surface area (Å²) >= 11 is 0. The standard InChI is InChI=1S/C37H46N7O6PSi/c1-5-28-32(33(46-3)36(48-28)43-24-39-31-34(43)41-37(40-30(45)6-2)42-35(31)47-22-14-20-38)50-51-44-21-13-19-27(44)29(49-51)23-52(4,25-15-9-7-10-16-25)26-17-11-8-12-18-26/h7-12,15-18,24,27-29,32-33,36H,5-6,13-14,19,21-23H2,1-4H3,(H,40,41,42,45)/t27-,28-,29+,32?,33+,36-,51+/m1/s1. The van der Waals surface area contributed by atoms with Crippen molar-refractivity contribution in [2.24, 2.45) is 0 Å². The van der Waals surface area contributed by atoms with Crippen molar-refractivity contribution in [3.8, 4) is 11.9 Å². The lowest BCUT2D eigenvalue weighted by Crippen LogP contribution is -2.58. The number of amides is 1. The van der Waals surface area contributed by atoms with E-state index in [1.165, 1.54) is 10.4 Å². The fourth-order valence-electron chi connectivity index (χ4n) is 7.66. The second-order valence-electron chi connectivity index (χ2n) is 13.6. The van der Waals surface area contributed by atoms with Crippen LogP contribution in [0, 0.1) is 11.3 Å². The first-order valence-corrected chi connectivity index (χ1v) is 22.0. The number of aromatic nitrogens is 4. The highest BCUT2D eigenvalue weighted by Crippen LogP contribution is 2.59. The number of fused-ring (bicyclic) bond motifs is 2. The van der Waals surface area contributed by atoms with Crippen LogP contribution >= 0.6 is 8.53 Å². The number of carbonyl (C=O) groups is 1. The minimum absolute atomic E-state index is 0.0374. The van der Waals surface area contributed by atoms with E-state index in [0.717, 1.165) is 25.4 Å². The molecule has 4 aromatic rings. The molecule has 0 spiro atoms. The lowest BCUT2D eigenvalue weighted by molar-refractivity contribution is -0.115. The van der Waals surface area contributed by atoms with E-state index in [9.17, 15) is 4.79 Å². The highest BCUT2D eigenvalue weighted by Gasteiger charge is 2.54. The van der Waals surface area contributed by atoms with E-state index in [-0.39, 0.29) is 55.4 Å². The smallest absolute Gasteiger partial charge is 0.259 e. The number of methoxy groups -OCH3 is 1. The second kappa shape index (κ2) is 16.1. The zero-order chi connectivity index (χ0) is 36.2. The van der Waals surface area contributed by atoms with E-state index < -0.39 is 35.0 Å². The van der Waals surface area contributed by atoms with Gasteiger partial charge in [0.25, 0.3) is 8.53 Å². The summed E-state index contributed by atoms with van der Waals surface area (Å²) in [6, 6.07) is 25.1. The predicted molar refractivity (Wildman–Crippen MR) is 200 cm³/mol. The third-order valence-corrected chi connectivity index (χ3v) is 16.7. The van der Waals surface area contributed by atoms with Crippen molar-refractivity contribution in [3.05, 3.63) is 67.0 Å². The predicted octanol–water partition coefficient (Wildman–Crippen LogP) is 5.16. The monoisotopic (exact) mass is 743 g/mol. The molecule has 15 heteroatoms. The minimum Gasteiger partial charge on any atom is -0.475 e. The van der Waals surface area contributed by atoms with Gasteiger partial charge in [0, 0.05) is 26.1 Å². The molecular formula is C37H46N7O6PSi. The normalized spacial score (nSPS) is 26.0. The number of nitrogens with zero attached hydrogens (tertiary/aromatic N) is 6. The molecule has 2 aromatic heterocycles. The van der Waals surface area contributed by atoms with Crippen LogP contribution in [0.25, 0.3) is 11.2 Å². The van der Waals surface area contributed by atoms with Crippen LogP contribution in [-0.4, -0.2) is 88.9 Å². The molecule has 0 aliphatic carbocycles. The van der Waals surface area contributed by atoms with Gasteiger partial charge < -0.3 is 23.3 Å². The molecule has 7 atom stereocenters. The van der Waals surface area contributed by atoms with Crippen molar-refractivity contribution < 1.29 is 28.1 Å². The summed E-state index contributed by atoms with van der Waals surface area (Å²) in [4.78, 5) is 25.9. The molecule has 274 valence electrons. The average molecular weight is 744 g/mol. The topological polar surface area (TPSA) is 146 Å². The summed E-state index contributed by atoms with van der Waals surface area (Å²) in [6.45, 7) is 7.33. The molecule has 1 unspecified atom stereocenters. The Morgan fingerprint density at radius 3 is 2.46 bits per heavy atom. The molecule has 1 N–H and O–H groups in total. The van der Waals surface area contributed by atoms with Gasteiger partial charge in [-0.3, -0.25) is 14.7 Å². The van der Waals surface area contributed by atoms with Gasteiger partial charge in [-0.25, -0.2) is 9.65 Å². The third kappa shape index (κ3) is 7.11. The SMILES string of the molecule is CCC(=O)Nc1nc(OCCC#N)c2ncn([C@@H]3O[C@H](CC)C(O[P@]4O[C@@H](C[Si](C)(c5ccccc5)c5ccccc5)[C@H]5CCCN54)[C@@H]3OC)c2n1. The van der Waals surface area contributed by atoms with Crippen molar-refractivity contribution in [1.29, 1.82) is 5.26 Å². The van der Waals surface area contributed by atoms with Gasteiger partial charge in [-0.05, 0) is 25.3 Å². The van der Waals surface area contributed by atoms with Gasteiger partial charge in [0.05, 0.1) is 31.0 Å². The van der Waals surface area contributed by atoms with Crippen LogP contribution in [0.15, 0.2) is 67.0 Å². The van der Waals surface area contributed by atoms with Crippen LogP contribution < -0.4 is 20.4 Å². The van der Waals surface area contributed by atoms with Gasteiger partial charge in [0.1, 0.15) is 26.9 Å². The molecule has 52 heavy (non-hydrogen) atoms. The van der Waals surface area contributed by atoms with E-state index in [1.54, 1.807) is 24.9 Å². The lowest BCUT2D eigenvalue weighted by Gasteiger charge is -2.32. The molecule has 1 amide bonds. The number of carbonyl (C=O) groups excluding carboxylic acids is 1. The average Bonchev–Trinajstić information content (AvgIpc) is 3.97. The fraction of sp³-hybridized carbons (Fsp3) is 0.486. The first-order valence-electron chi connectivity index (χ1n) is 18.1. The first-order chi connectivity index (χ1) is 25.4. The largest absolute Gasteiger partial charge is 0.475 e. The number of anilines is 1. The third-order valence-electron chi connectivity index (χ3n) is 10.4. The maximum absolute atomic E-state index is 12.3. The van der Waals surface area contributed by atoms with Crippen LogP contribution in [0.5, 0.6) is 5.88 Å². The van der Waals surface area contributed by atoms with Crippen LogP contribution in [-0.2, 0) is 23.3 Å². The molecule has 2 aromatic carbocycles. The molecule has 13 nitrogen and oxygen atoms in total. The summed E-state index contributed by atoms with van der Waals surface area (Å²) in [5, 5.41) is 14.6. The molecule has 3 aliphatic heterocycles. The Kier molecular flexibility index (Phi) is 11.3. The number of nitrogens with one attached hydrogen (secondary N) is 1. The molecule has 3 saturated heterocycles. The lowest BCUT2D eigenvalue weighted by atomic mass is 10.1. The zero-order valence-corrected chi connectivity index (χ0v) is 31.9. The zero-order valence-electron chi connectivity index (χ0n) is 30.1. The minimum atomic E-state index is -2.17. The van der Waals surface area contributed by atoms with Gasteiger partial charge in [-0.15, -0.1) is 0 Å². The van der Waals surface area contributed by atoms with Crippen LogP contribution in [0.3, 0.4) is 0 Å². The highest BCUT2D eigenvalue weighted by molar-refractivity contribution is 7.45. The van der Waals surface area contributed by atoms with Gasteiger partial charge in [0.2, 0.25) is 17.7 Å². The van der Waals surface area contributed by atoms with E-state index in [4.69, 9.17) is 28.5 Å². The van der Waals surface area contributed by atoms with Crippen LogP contribution in [0.4, 0.5) is 5.95 Å². The Balaban J connectivity index is 1.16. The number of hydrogen-bond donors (Lipinski definition) is 1. The van der Waals surface area contributed by atoms with Gasteiger partial charge in [-0.1, -0.05) is 91.4 Å². The summed E-state index contributed by atoms with van der Waals surface area (Å²) in [5.41, 5.74) is 0.795. The Morgan fingerprint density at radius 1 is 1.08 bits per heavy atom. The van der Waals surface area contributed by atoms with Crippen molar-refractivity contribution in [3.63, 3.8) is 0 Å². The fourth-order valence-corrected chi connectivity index (χ4v) is 13.6. The van der Waals surface area contributed by atoms with Crippen LogP contribution in [0.2, 0.25) is 12.6 Å². The summed E-state index contributed by atoms with van der Waals surface area (Å²) in [7, 11) is -1.89. The number of ether oxygens (including phenoxy) is 3. The van der Waals surface area contributed by atoms with Crippen molar-refractivity contribution in [2.75, 3.05) is 25.6 Å². The van der Waals surface area contributed by atoms with Crippen LogP contribution in [0.1, 0.15) is 52.2 Å². The maximum atomic E-state index is 12.3. The summed E-state index contributed by atoms with van der Waals surface area (Å²) < 4.78 is 37.0. The number of rotatable bonds is 14. The Morgan fingerprint density at radius 2 is 1.81 bits per heavy atom. The van der Waals surface area contributed by atoms with Crippen molar-refractivity contribution in [1.82, 2.24) is 24.2 Å². The molecule has 0 saturated carbocycles. The molecule has 7 rings (SSSR count). The highest BCUT2D eigenvalue weighted by atomic mass is 31.2.